The Morgan fingerprint density at radius 1 is 1.36 bits per heavy atom. The normalized spacial score (nSPS) is 19.8. The fourth-order valence-corrected chi connectivity index (χ4v) is 4.14. The molecule has 4 rings (SSSR count). The molecule has 2 aromatic rings. The van der Waals surface area contributed by atoms with Crippen molar-refractivity contribution in [1.29, 1.82) is 0 Å². The van der Waals surface area contributed by atoms with E-state index in [1.807, 2.05) is 4.90 Å². The maximum atomic E-state index is 15.2. The topological polar surface area (TPSA) is 92.0 Å². The molecule has 1 aromatic carbocycles. The van der Waals surface area contributed by atoms with Crippen LogP contribution in [0.5, 0.6) is 5.75 Å². The molecule has 0 spiro atoms. The number of carboxylic acids is 1. The highest BCUT2D eigenvalue weighted by Gasteiger charge is 2.32. The van der Waals surface area contributed by atoms with Gasteiger partial charge in [-0.3, -0.25) is 4.79 Å². The van der Waals surface area contributed by atoms with E-state index >= 15 is 4.39 Å². The SMILES string of the molecule is COc1c(N2CCCC(CO)C2)c(F)cc2c(=O)c(C(=O)O)cn(C3CC3)c12. The molecular weight excluding hydrogens is 367 g/mol. The Bertz CT molecular complexity index is 998. The summed E-state index contributed by atoms with van der Waals surface area (Å²) >= 11 is 0. The number of halogens is 1. The summed E-state index contributed by atoms with van der Waals surface area (Å²) in [6, 6.07) is 1.20. The van der Waals surface area contributed by atoms with E-state index in [1.54, 1.807) is 4.57 Å². The molecule has 1 saturated heterocycles. The molecule has 1 atom stereocenters. The Morgan fingerprint density at radius 2 is 2.11 bits per heavy atom. The molecule has 0 radical (unpaired) electrons. The van der Waals surface area contributed by atoms with E-state index in [-0.39, 0.29) is 41.0 Å². The number of hydrogen-bond donors (Lipinski definition) is 2. The Kier molecular flexibility index (Phi) is 4.74. The minimum Gasteiger partial charge on any atom is -0.492 e. The van der Waals surface area contributed by atoms with Gasteiger partial charge < -0.3 is 24.4 Å². The lowest BCUT2D eigenvalue weighted by molar-refractivity contribution is 0.0695. The van der Waals surface area contributed by atoms with Gasteiger partial charge in [-0.15, -0.1) is 0 Å². The molecule has 0 bridgehead atoms. The van der Waals surface area contributed by atoms with Gasteiger partial charge in [0.15, 0.2) is 11.6 Å². The van der Waals surface area contributed by atoms with E-state index in [0.717, 1.165) is 31.7 Å². The van der Waals surface area contributed by atoms with Crippen LogP contribution in [0.2, 0.25) is 0 Å². The first kappa shape index (κ1) is 18.7. The average Bonchev–Trinajstić information content (AvgIpc) is 3.52. The van der Waals surface area contributed by atoms with Gasteiger partial charge in [-0.05, 0) is 37.7 Å². The summed E-state index contributed by atoms with van der Waals surface area (Å²) in [4.78, 5) is 26.1. The van der Waals surface area contributed by atoms with Crippen LogP contribution in [0, 0.1) is 11.7 Å². The van der Waals surface area contributed by atoms with E-state index in [9.17, 15) is 19.8 Å². The van der Waals surface area contributed by atoms with Crippen LogP contribution in [0.1, 0.15) is 42.1 Å². The van der Waals surface area contributed by atoms with Crippen LogP contribution in [0.4, 0.5) is 10.1 Å². The van der Waals surface area contributed by atoms with Crippen LogP contribution in [-0.4, -0.2) is 47.6 Å². The van der Waals surface area contributed by atoms with Gasteiger partial charge in [0, 0.05) is 31.9 Å². The van der Waals surface area contributed by atoms with Crippen molar-refractivity contribution in [2.24, 2.45) is 5.92 Å². The van der Waals surface area contributed by atoms with Crippen LogP contribution in [-0.2, 0) is 0 Å². The maximum absolute atomic E-state index is 15.2. The fourth-order valence-electron chi connectivity index (χ4n) is 4.14. The summed E-state index contributed by atoms with van der Waals surface area (Å²) in [7, 11) is 1.43. The number of benzene rings is 1. The minimum absolute atomic E-state index is 0.0145. The number of methoxy groups -OCH3 is 1. The highest BCUT2D eigenvalue weighted by molar-refractivity contribution is 5.97. The monoisotopic (exact) mass is 390 g/mol. The molecule has 0 amide bonds. The predicted octanol–water partition coefficient (Wildman–Crippen LogP) is 2.39. The molecular formula is C20H23FN2O5. The highest BCUT2D eigenvalue weighted by atomic mass is 19.1. The third kappa shape index (κ3) is 3.01. The van der Waals surface area contributed by atoms with E-state index in [0.29, 0.717) is 18.6 Å². The van der Waals surface area contributed by atoms with Gasteiger partial charge in [-0.25, -0.2) is 9.18 Å². The molecule has 2 N–H and O–H groups in total. The van der Waals surface area contributed by atoms with Crippen LogP contribution < -0.4 is 15.1 Å². The van der Waals surface area contributed by atoms with Crippen molar-refractivity contribution < 1.29 is 24.1 Å². The number of pyridine rings is 1. The summed E-state index contributed by atoms with van der Waals surface area (Å²) in [5.41, 5.74) is -0.380. The smallest absolute Gasteiger partial charge is 0.341 e. The fraction of sp³-hybridized carbons (Fsp3) is 0.500. The summed E-state index contributed by atoms with van der Waals surface area (Å²) < 4.78 is 22.5. The Labute approximate surface area is 160 Å². The summed E-state index contributed by atoms with van der Waals surface area (Å²) in [5.74, 6) is -1.65. The van der Waals surface area contributed by atoms with Gasteiger partial charge in [0.1, 0.15) is 11.3 Å². The molecule has 1 aliphatic heterocycles. The number of carboxylic acid groups (broad SMARTS) is 1. The third-order valence-corrected chi connectivity index (χ3v) is 5.67. The number of anilines is 1. The number of nitrogens with zero attached hydrogens (tertiary/aromatic N) is 2. The minimum atomic E-state index is -1.33. The largest absolute Gasteiger partial charge is 0.492 e. The molecule has 8 heteroatoms. The van der Waals surface area contributed by atoms with E-state index in [2.05, 4.69) is 0 Å². The van der Waals surface area contributed by atoms with Crippen molar-refractivity contribution in [2.45, 2.75) is 31.7 Å². The molecule has 1 aliphatic carbocycles. The first-order valence-corrected chi connectivity index (χ1v) is 9.50. The number of piperidine rings is 1. The van der Waals surface area contributed by atoms with Crippen molar-refractivity contribution in [3.8, 4) is 5.75 Å². The number of hydrogen-bond acceptors (Lipinski definition) is 5. The Morgan fingerprint density at radius 3 is 2.71 bits per heavy atom. The van der Waals surface area contributed by atoms with Gasteiger partial charge >= 0.3 is 5.97 Å². The van der Waals surface area contributed by atoms with Gasteiger partial charge in [0.25, 0.3) is 0 Å². The number of rotatable bonds is 5. The zero-order valence-corrected chi connectivity index (χ0v) is 15.7. The van der Waals surface area contributed by atoms with Crippen LogP contribution in [0.3, 0.4) is 0 Å². The lowest BCUT2D eigenvalue weighted by Gasteiger charge is -2.35. The van der Waals surface area contributed by atoms with Crippen molar-refractivity contribution in [3.63, 3.8) is 0 Å². The first-order chi connectivity index (χ1) is 13.5. The second kappa shape index (κ2) is 7.09. The molecule has 2 fully saturated rings. The molecule has 28 heavy (non-hydrogen) atoms. The molecule has 7 nitrogen and oxygen atoms in total. The second-order valence-corrected chi connectivity index (χ2v) is 7.59. The van der Waals surface area contributed by atoms with Crippen LogP contribution >= 0.6 is 0 Å². The maximum Gasteiger partial charge on any atom is 0.341 e. The lowest BCUT2D eigenvalue weighted by atomic mass is 9.98. The average molecular weight is 390 g/mol. The summed E-state index contributed by atoms with van der Waals surface area (Å²) in [6.45, 7) is 1.15. The van der Waals surface area contributed by atoms with Crippen LogP contribution in [0.25, 0.3) is 10.9 Å². The van der Waals surface area contributed by atoms with Gasteiger partial charge in [-0.1, -0.05) is 0 Å². The zero-order chi connectivity index (χ0) is 20.0. The van der Waals surface area contributed by atoms with Crippen molar-refractivity contribution in [1.82, 2.24) is 4.57 Å². The number of aromatic nitrogens is 1. The molecule has 2 aliphatic rings. The highest BCUT2D eigenvalue weighted by Crippen LogP contribution is 2.44. The second-order valence-electron chi connectivity index (χ2n) is 7.59. The number of aliphatic hydroxyl groups is 1. The number of carbonyl (C=O) groups is 1. The van der Waals surface area contributed by atoms with E-state index in [4.69, 9.17) is 4.74 Å². The van der Waals surface area contributed by atoms with Gasteiger partial charge in [0.2, 0.25) is 5.43 Å². The van der Waals surface area contributed by atoms with Gasteiger partial charge in [0.05, 0.1) is 18.0 Å². The number of fused-ring (bicyclic) bond motifs is 1. The quantitative estimate of drug-likeness (QED) is 0.815. The molecule has 1 saturated carbocycles. The van der Waals surface area contributed by atoms with Gasteiger partial charge in [-0.2, -0.15) is 0 Å². The summed E-state index contributed by atoms with van der Waals surface area (Å²) in [5, 5.41) is 18.9. The molecule has 1 unspecified atom stereocenters. The van der Waals surface area contributed by atoms with E-state index in [1.165, 1.54) is 13.3 Å². The Hall–Kier alpha value is -2.61. The predicted molar refractivity (Wildman–Crippen MR) is 102 cm³/mol. The van der Waals surface area contributed by atoms with Crippen molar-refractivity contribution in [2.75, 3.05) is 31.7 Å². The third-order valence-electron chi connectivity index (χ3n) is 5.67. The lowest BCUT2D eigenvalue weighted by Crippen LogP contribution is -2.37. The Balaban J connectivity index is 1.99. The molecule has 2 heterocycles. The number of aromatic carboxylic acids is 1. The van der Waals surface area contributed by atoms with Crippen LogP contribution in [0.15, 0.2) is 17.1 Å². The number of aliphatic hydroxyl groups excluding tert-OH is 1. The standard InChI is InChI=1S/C20H23FN2O5/c1-28-19-16-13(18(25)14(20(26)27)9-23(16)12-4-5-12)7-15(21)17(19)22-6-2-3-11(8-22)10-24/h7,9,11-12,24H,2-6,8,10H2,1H3,(H,26,27). The van der Waals surface area contributed by atoms with Crippen molar-refractivity contribution >= 4 is 22.6 Å². The van der Waals surface area contributed by atoms with E-state index < -0.39 is 17.2 Å². The first-order valence-electron chi connectivity index (χ1n) is 9.50. The summed E-state index contributed by atoms with van der Waals surface area (Å²) in [6.07, 6.45) is 4.77. The van der Waals surface area contributed by atoms with Crippen molar-refractivity contribution in [3.05, 3.63) is 33.9 Å². The molecule has 150 valence electrons. The molecule has 1 aromatic heterocycles. The number of ether oxygens (including phenoxy) is 1. The zero-order valence-electron chi connectivity index (χ0n) is 15.7.